The quantitative estimate of drug-likeness (QED) is 0.429. The molecule has 176 valence electrons. The van der Waals surface area contributed by atoms with Crippen LogP contribution in [-0.4, -0.2) is 33.9 Å². The minimum absolute atomic E-state index is 0.0630. The zero-order valence-corrected chi connectivity index (χ0v) is 20.5. The molecule has 5 nitrogen and oxygen atoms in total. The molecule has 0 saturated heterocycles. The Labute approximate surface area is 195 Å². The molecule has 8 heteroatoms. The predicted octanol–water partition coefficient (Wildman–Crippen LogP) is 4.88. The fourth-order valence-corrected chi connectivity index (χ4v) is 5.79. The Balaban J connectivity index is 1.85. The van der Waals surface area contributed by atoms with Crippen LogP contribution in [0.3, 0.4) is 0 Å². The number of benzene rings is 3. The minimum atomic E-state index is -3.66. The predicted molar refractivity (Wildman–Crippen MR) is 129 cm³/mol. The van der Waals surface area contributed by atoms with E-state index in [9.17, 15) is 21.2 Å². The molecule has 0 unspecified atom stereocenters. The van der Waals surface area contributed by atoms with E-state index in [-0.39, 0.29) is 35.2 Å². The van der Waals surface area contributed by atoms with Crippen molar-refractivity contribution in [2.45, 2.75) is 31.0 Å². The molecule has 0 atom stereocenters. The van der Waals surface area contributed by atoms with Gasteiger partial charge in [-0.1, -0.05) is 68.4 Å². The summed E-state index contributed by atoms with van der Waals surface area (Å²) in [5.74, 6) is -0.581. The van der Waals surface area contributed by atoms with Gasteiger partial charge < -0.3 is 0 Å². The Kier molecular flexibility index (Phi) is 7.72. The highest BCUT2D eigenvalue weighted by Gasteiger charge is 2.25. The smallest absolute Gasteiger partial charge is 0.218 e. The molecule has 0 aliphatic heterocycles. The number of sulfone groups is 1. The lowest BCUT2D eigenvalue weighted by Crippen LogP contribution is -2.35. The first-order valence-electron chi connectivity index (χ1n) is 10.6. The van der Waals surface area contributed by atoms with Crippen molar-refractivity contribution in [2.24, 2.45) is 5.92 Å². The summed E-state index contributed by atoms with van der Waals surface area (Å²) in [4.78, 5) is 0.191. The van der Waals surface area contributed by atoms with Crippen LogP contribution in [0, 0.1) is 11.7 Å². The second kappa shape index (κ2) is 10.2. The van der Waals surface area contributed by atoms with Crippen molar-refractivity contribution >= 4 is 19.9 Å². The second-order valence-electron chi connectivity index (χ2n) is 8.53. The maximum absolute atomic E-state index is 15.0. The monoisotopic (exact) mass is 489 g/mol. The third-order valence-electron chi connectivity index (χ3n) is 5.17. The van der Waals surface area contributed by atoms with Gasteiger partial charge in [0.15, 0.2) is 9.84 Å². The molecule has 0 saturated carbocycles. The SMILES string of the molecule is CC(C)CN(Cc1ccc(-c2ccc(S(C)(=O)=O)cc2)cc1F)S(=O)(=O)Cc1ccccc1. The van der Waals surface area contributed by atoms with Gasteiger partial charge in [-0.3, -0.25) is 0 Å². The van der Waals surface area contributed by atoms with E-state index >= 15 is 0 Å². The van der Waals surface area contributed by atoms with Crippen molar-refractivity contribution < 1.29 is 21.2 Å². The topological polar surface area (TPSA) is 71.5 Å². The highest BCUT2D eigenvalue weighted by molar-refractivity contribution is 7.90. The molecule has 0 N–H and O–H groups in total. The third kappa shape index (κ3) is 6.72. The van der Waals surface area contributed by atoms with E-state index in [1.54, 1.807) is 48.5 Å². The summed E-state index contributed by atoms with van der Waals surface area (Å²) in [6, 6.07) is 19.8. The van der Waals surface area contributed by atoms with Crippen LogP contribution in [0.15, 0.2) is 77.7 Å². The zero-order valence-electron chi connectivity index (χ0n) is 18.9. The van der Waals surface area contributed by atoms with Gasteiger partial charge in [0.05, 0.1) is 10.6 Å². The molecule has 0 bridgehead atoms. The number of rotatable bonds is 9. The van der Waals surface area contributed by atoms with Crippen molar-refractivity contribution in [3.63, 3.8) is 0 Å². The molecule has 0 radical (unpaired) electrons. The van der Waals surface area contributed by atoms with Crippen molar-refractivity contribution in [2.75, 3.05) is 12.8 Å². The first kappa shape index (κ1) is 25.1. The molecule has 3 aromatic rings. The van der Waals surface area contributed by atoms with E-state index < -0.39 is 25.7 Å². The summed E-state index contributed by atoms with van der Waals surface area (Å²) in [6.45, 7) is 4.06. The van der Waals surface area contributed by atoms with E-state index in [1.165, 1.54) is 22.5 Å². The highest BCUT2D eigenvalue weighted by Crippen LogP contribution is 2.25. The number of hydrogen-bond donors (Lipinski definition) is 0. The summed E-state index contributed by atoms with van der Waals surface area (Å²) < 4.78 is 65.8. The second-order valence-corrected chi connectivity index (χ2v) is 12.5. The third-order valence-corrected chi connectivity index (χ3v) is 8.06. The molecule has 0 spiro atoms. The van der Waals surface area contributed by atoms with Crippen LogP contribution >= 0.6 is 0 Å². The molecule has 33 heavy (non-hydrogen) atoms. The molecular weight excluding hydrogens is 461 g/mol. The number of sulfonamides is 1. The summed E-state index contributed by atoms with van der Waals surface area (Å²) >= 11 is 0. The Morgan fingerprint density at radius 2 is 1.45 bits per heavy atom. The Bertz CT molecular complexity index is 1300. The maximum Gasteiger partial charge on any atom is 0.218 e. The van der Waals surface area contributed by atoms with Crippen molar-refractivity contribution in [1.29, 1.82) is 0 Å². The van der Waals surface area contributed by atoms with Gasteiger partial charge in [-0.2, -0.15) is 4.31 Å². The van der Waals surface area contributed by atoms with E-state index in [0.717, 1.165) is 6.26 Å². The molecule has 0 aliphatic rings. The molecule has 0 fully saturated rings. The average molecular weight is 490 g/mol. The first-order valence-corrected chi connectivity index (χ1v) is 14.1. The van der Waals surface area contributed by atoms with E-state index in [4.69, 9.17) is 0 Å². The van der Waals surface area contributed by atoms with E-state index in [0.29, 0.717) is 16.7 Å². The summed E-state index contributed by atoms with van der Waals surface area (Å²) in [5.41, 5.74) is 2.21. The van der Waals surface area contributed by atoms with Crippen LogP contribution in [-0.2, 0) is 32.2 Å². The Morgan fingerprint density at radius 3 is 2.00 bits per heavy atom. The van der Waals surface area contributed by atoms with Gasteiger partial charge in [-0.05, 0) is 40.8 Å². The fraction of sp³-hybridized carbons (Fsp3) is 0.280. The van der Waals surface area contributed by atoms with Gasteiger partial charge in [0.25, 0.3) is 0 Å². The standard InChI is InChI=1S/C25H28FNO4S2/c1-19(2)16-27(33(30,31)18-20-7-5-4-6-8-20)17-23-10-9-22(15-25(23)26)21-11-13-24(14-12-21)32(3,28)29/h4-15,19H,16-18H2,1-3H3. The summed E-state index contributed by atoms with van der Waals surface area (Å²) in [7, 11) is -6.97. The lowest BCUT2D eigenvalue weighted by atomic mass is 10.0. The molecule has 3 rings (SSSR count). The Hall–Kier alpha value is -2.55. The highest BCUT2D eigenvalue weighted by atomic mass is 32.2. The van der Waals surface area contributed by atoms with Crippen molar-refractivity contribution in [3.8, 4) is 11.1 Å². The van der Waals surface area contributed by atoms with Crippen molar-refractivity contribution in [1.82, 2.24) is 4.31 Å². The summed E-state index contributed by atoms with van der Waals surface area (Å²) in [6.07, 6.45) is 1.13. The van der Waals surface area contributed by atoms with E-state index in [1.807, 2.05) is 19.9 Å². The molecule has 0 amide bonds. The molecule has 0 heterocycles. The van der Waals surface area contributed by atoms with E-state index in [2.05, 4.69) is 0 Å². The van der Waals surface area contributed by atoms with Crippen molar-refractivity contribution in [3.05, 3.63) is 89.7 Å². The molecule has 3 aromatic carbocycles. The van der Waals surface area contributed by atoms with Crippen LogP contribution < -0.4 is 0 Å². The number of nitrogens with zero attached hydrogens (tertiary/aromatic N) is 1. The van der Waals surface area contributed by atoms with Crippen LogP contribution in [0.4, 0.5) is 4.39 Å². The lowest BCUT2D eigenvalue weighted by Gasteiger charge is -2.24. The van der Waals surface area contributed by atoms with Gasteiger partial charge in [0.2, 0.25) is 10.0 Å². The minimum Gasteiger partial charge on any atom is -0.224 e. The largest absolute Gasteiger partial charge is 0.224 e. The lowest BCUT2D eigenvalue weighted by molar-refractivity contribution is 0.356. The van der Waals surface area contributed by atoms with Crippen LogP contribution in [0.5, 0.6) is 0 Å². The van der Waals surface area contributed by atoms with Gasteiger partial charge in [0.1, 0.15) is 5.82 Å². The molecule has 0 aromatic heterocycles. The van der Waals surface area contributed by atoms with Gasteiger partial charge in [0, 0.05) is 24.9 Å². The van der Waals surface area contributed by atoms with Gasteiger partial charge in [-0.15, -0.1) is 0 Å². The summed E-state index contributed by atoms with van der Waals surface area (Å²) in [5, 5.41) is 0. The Morgan fingerprint density at radius 1 is 0.848 bits per heavy atom. The van der Waals surface area contributed by atoms with Crippen LogP contribution in [0.1, 0.15) is 25.0 Å². The number of hydrogen-bond acceptors (Lipinski definition) is 4. The average Bonchev–Trinajstić information content (AvgIpc) is 2.74. The number of halogens is 1. The maximum atomic E-state index is 15.0. The zero-order chi connectivity index (χ0) is 24.2. The normalized spacial score (nSPS) is 12.4. The molecular formula is C25H28FNO4S2. The van der Waals surface area contributed by atoms with Gasteiger partial charge in [-0.25, -0.2) is 21.2 Å². The van der Waals surface area contributed by atoms with Gasteiger partial charge >= 0.3 is 0 Å². The first-order chi connectivity index (χ1) is 15.5. The molecule has 0 aliphatic carbocycles. The van der Waals surface area contributed by atoms with Crippen LogP contribution in [0.25, 0.3) is 11.1 Å². The fourth-order valence-electron chi connectivity index (χ4n) is 3.50. The van der Waals surface area contributed by atoms with Crippen LogP contribution in [0.2, 0.25) is 0 Å².